The number of hydrogen-bond acceptors (Lipinski definition) is 3. The van der Waals surface area contributed by atoms with Gasteiger partial charge >= 0.3 is 0 Å². The number of carbonyl (C=O) groups excluding carboxylic acids is 1. The van der Waals surface area contributed by atoms with Crippen molar-refractivity contribution in [2.45, 2.75) is 13.0 Å². The molecule has 4 nitrogen and oxygen atoms in total. The number of sulfonamides is 1. The van der Waals surface area contributed by atoms with E-state index >= 15 is 0 Å². The molecule has 1 aliphatic rings. The van der Waals surface area contributed by atoms with Gasteiger partial charge in [-0.05, 0) is 19.1 Å². The van der Waals surface area contributed by atoms with E-state index in [4.69, 9.17) is 0 Å². The summed E-state index contributed by atoms with van der Waals surface area (Å²) in [4.78, 5) is 11.9. The number of benzene rings is 1. The molecular formula is C10H9BrFNO3S. The van der Waals surface area contributed by atoms with Crippen molar-refractivity contribution in [3.63, 3.8) is 0 Å². The molecule has 0 unspecified atom stereocenters. The number of amides is 1. The van der Waals surface area contributed by atoms with Crippen molar-refractivity contribution in [3.05, 3.63) is 33.5 Å². The van der Waals surface area contributed by atoms with E-state index in [1.807, 2.05) is 0 Å². The molecule has 1 amide bonds. The normalized spacial score (nSPS) is 19.6. The zero-order valence-corrected chi connectivity index (χ0v) is 11.5. The second-order valence-corrected chi connectivity index (χ2v) is 6.66. The number of nitrogens with zero attached hydrogens (tertiary/aromatic N) is 1. The van der Waals surface area contributed by atoms with E-state index in [-0.39, 0.29) is 11.1 Å². The van der Waals surface area contributed by atoms with Gasteiger partial charge < -0.3 is 0 Å². The van der Waals surface area contributed by atoms with Gasteiger partial charge in [-0.3, -0.25) is 4.79 Å². The Labute approximate surface area is 107 Å². The molecule has 1 aromatic rings. The summed E-state index contributed by atoms with van der Waals surface area (Å²) >= 11 is 3.07. The smallest absolute Gasteiger partial charge is 0.268 e. The lowest BCUT2D eigenvalue weighted by Crippen LogP contribution is -2.32. The van der Waals surface area contributed by atoms with Crippen molar-refractivity contribution in [3.8, 4) is 0 Å². The van der Waals surface area contributed by atoms with Crippen molar-refractivity contribution in [1.29, 1.82) is 0 Å². The van der Waals surface area contributed by atoms with E-state index in [1.54, 1.807) is 0 Å². The van der Waals surface area contributed by atoms with Crippen LogP contribution in [-0.4, -0.2) is 24.9 Å². The first-order valence-corrected chi connectivity index (χ1v) is 7.40. The molecule has 0 fully saturated rings. The molecule has 1 atom stereocenters. The number of fused-ring (bicyclic) bond motifs is 1. The summed E-state index contributed by atoms with van der Waals surface area (Å²) < 4.78 is 37.8. The van der Waals surface area contributed by atoms with Crippen molar-refractivity contribution in [2.24, 2.45) is 0 Å². The molecule has 1 aromatic carbocycles. The Kier molecular flexibility index (Phi) is 2.78. The Balaban J connectivity index is 2.69. The molecule has 1 heterocycles. The maximum atomic E-state index is 13.7. The minimum Gasteiger partial charge on any atom is -0.268 e. The standard InChI is InChI=1S/C10H9BrFNO3S/c1-5-9-7(3-6(11)4-8(9)12)10(14)13(5)17(2,15)16/h3-5H,1-2H3/t5-/m1/s1. The molecule has 0 saturated carbocycles. The predicted molar refractivity (Wildman–Crippen MR) is 63.5 cm³/mol. The van der Waals surface area contributed by atoms with E-state index in [0.717, 1.165) is 6.26 Å². The topological polar surface area (TPSA) is 54.5 Å². The molecule has 0 radical (unpaired) electrons. The molecular weight excluding hydrogens is 313 g/mol. The third-order valence-corrected chi connectivity index (χ3v) is 4.31. The Morgan fingerprint density at radius 2 is 2.00 bits per heavy atom. The van der Waals surface area contributed by atoms with E-state index in [2.05, 4.69) is 15.9 Å². The number of halogens is 2. The molecule has 0 bridgehead atoms. The Morgan fingerprint density at radius 3 is 2.53 bits per heavy atom. The van der Waals surface area contributed by atoms with Crippen LogP contribution in [0.1, 0.15) is 28.9 Å². The highest BCUT2D eigenvalue weighted by molar-refractivity contribution is 9.10. The van der Waals surface area contributed by atoms with Crippen molar-refractivity contribution < 1.29 is 17.6 Å². The fourth-order valence-electron chi connectivity index (χ4n) is 2.04. The van der Waals surface area contributed by atoms with E-state index in [0.29, 0.717) is 8.78 Å². The SMILES string of the molecule is C[C@@H]1c2c(F)cc(Br)cc2C(=O)N1S(C)(=O)=O. The average molecular weight is 322 g/mol. The first-order chi connectivity index (χ1) is 7.73. The minimum atomic E-state index is -3.70. The summed E-state index contributed by atoms with van der Waals surface area (Å²) in [7, 11) is -3.70. The van der Waals surface area contributed by atoms with Crippen LogP contribution in [0.15, 0.2) is 16.6 Å². The fourth-order valence-corrected chi connectivity index (χ4v) is 3.55. The van der Waals surface area contributed by atoms with Gasteiger partial charge in [-0.1, -0.05) is 15.9 Å². The first kappa shape index (κ1) is 12.5. The lowest BCUT2D eigenvalue weighted by molar-refractivity contribution is 0.0860. The van der Waals surface area contributed by atoms with Gasteiger partial charge in [-0.2, -0.15) is 0 Å². The molecule has 0 N–H and O–H groups in total. The fraction of sp³-hybridized carbons (Fsp3) is 0.300. The monoisotopic (exact) mass is 321 g/mol. The molecule has 17 heavy (non-hydrogen) atoms. The van der Waals surface area contributed by atoms with Crippen LogP contribution in [0, 0.1) is 5.82 Å². The quantitative estimate of drug-likeness (QED) is 0.795. The van der Waals surface area contributed by atoms with Gasteiger partial charge in [-0.15, -0.1) is 0 Å². The Morgan fingerprint density at radius 1 is 1.41 bits per heavy atom. The summed E-state index contributed by atoms with van der Waals surface area (Å²) in [6.07, 6.45) is 0.931. The lowest BCUT2D eigenvalue weighted by Gasteiger charge is -2.18. The van der Waals surface area contributed by atoms with E-state index in [9.17, 15) is 17.6 Å². The second-order valence-electron chi connectivity index (χ2n) is 3.89. The maximum Gasteiger partial charge on any atom is 0.268 e. The van der Waals surface area contributed by atoms with E-state index in [1.165, 1.54) is 19.1 Å². The van der Waals surface area contributed by atoms with Crippen molar-refractivity contribution in [1.82, 2.24) is 4.31 Å². The molecule has 0 aliphatic carbocycles. The molecule has 0 saturated heterocycles. The zero-order valence-electron chi connectivity index (χ0n) is 9.07. The van der Waals surface area contributed by atoms with Gasteiger partial charge in [0, 0.05) is 15.6 Å². The molecule has 7 heteroatoms. The average Bonchev–Trinajstić information content (AvgIpc) is 2.37. The summed E-state index contributed by atoms with van der Waals surface area (Å²) in [6, 6.07) is 1.84. The second kappa shape index (κ2) is 3.78. The third kappa shape index (κ3) is 1.87. The molecule has 0 aromatic heterocycles. The number of rotatable bonds is 1. The van der Waals surface area contributed by atoms with Crippen LogP contribution in [0.5, 0.6) is 0 Å². The Bertz CT molecular complexity index is 614. The molecule has 0 spiro atoms. The predicted octanol–water partition coefficient (Wildman–Crippen LogP) is 2.06. The van der Waals surface area contributed by atoms with Crippen molar-refractivity contribution in [2.75, 3.05) is 6.26 Å². The third-order valence-electron chi connectivity index (χ3n) is 2.65. The van der Waals surface area contributed by atoms with Crippen LogP contribution in [-0.2, 0) is 10.0 Å². The molecule has 2 rings (SSSR count). The summed E-state index contributed by atoms with van der Waals surface area (Å²) in [5.74, 6) is -1.27. The van der Waals surface area contributed by atoms with Crippen LogP contribution in [0.3, 0.4) is 0 Å². The summed E-state index contributed by atoms with van der Waals surface area (Å²) in [6.45, 7) is 1.49. The van der Waals surface area contributed by atoms with Gasteiger partial charge in [-0.25, -0.2) is 17.1 Å². The largest absolute Gasteiger partial charge is 0.268 e. The van der Waals surface area contributed by atoms with Crippen LogP contribution in [0.2, 0.25) is 0 Å². The number of carbonyl (C=O) groups is 1. The van der Waals surface area contributed by atoms with Crippen LogP contribution < -0.4 is 0 Å². The zero-order chi connectivity index (χ0) is 13.0. The summed E-state index contributed by atoms with van der Waals surface area (Å²) in [5, 5.41) is 0. The molecule has 92 valence electrons. The number of hydrogen-bond donors (Lipinski definition) is 0. The first-order valence-electron chi connectivity index (χ1n) is 4.76. The Hall–Kier alpha value is -0.950. The highest BCUT2D eigenvalue weighted by atomic mass is 79.9. The lowest BCUT2D eigenvalue weighted by atomic mass is 10.1. The van der Waals surface area contributed by atoms with E-state index < -0.39 is 27.8 Å². The van der Waals surface area contributed by atoms with Crippen molar-refractivity contribution >= 4 is 31.9 Å². The van der Waals surface area contributed by atoms with Gasteiger partial charge in [0.1, 0.15) is 5.82 Å². The molecule has 1 aliphatic heterocycles. The van der Waals surface area contributed by atoms with Crippen LogP contribution in [0.25, 0.3) is 0 Å². The highest BCUT2D eigenvalue weighted by Crippen LogP contribution is 2.38. The summed E-state index contributed by atoms with van der Waals surface area (Å²) in [5.41, 5.74) is 0.221. The van der Waals surface area contributed by atoms with Crippen LogP contribution >= 0.6 is 15.9 Å². The highest BCUT2D eigenvalue weighted by Gasteiger charge is 2.41. The maximum absolute atomic E-state index is 13.7. The van der Waals surface area contributed by atoms with Gasteiger partial charge in [0.25, 0.3) is 5.91 Å². The van der Waals surface area contributed by atoms with Crippen LogP contribution in [0.4, 0.5) is 4.39 Å². The minimum absolute atomic E-state index is 0.0924. The van der Waals surface area contributed by atoms with Gasteiger partial charge in [0.2, 0.25) is 10.0 Å². The van der Waals surface area contributed by atoms with Gasteiger partial charge in [0.15, 0.2) is 0 Å². The van der Waals surface area contributed by atoms with Gasteiger partial charge in [0.05, 0.1) is 12.3 Å².